The zero-order chi connectivity index (χ0) is 16.5. The van der Waals surface area contributed by atoms with Crippen molar-refractivity contribution in [2.75, 3.05) is 13.1 Å². The van der Waals surface area contributed by atoms with Gasteiger partial charge in [0.05, 0.1) is 0 Å². The van der Waals surface area contributed by atoms with E-state index in [1.54, 1.807) is 6.07 Å². The average molecular weight is 357 g/mol. The number of halogens is 2. The Balaban J connectivity index is 1.59. The molecule has 128 valence electrons. The zero-order valence-electron chi connectivity index (χ0n) is 13.5. The van der Waals surface area contributed by atoms with Crippen LogP contribution < -0.4 is 10.6 Å². The van der Waals surface area contributed by atoms with Gasteiger partial charge in [0.15, 0.2) is 0 Å². The number of nitrogens with one attached hydrogen (secondary N) is 2. The Morgan fingerprint density at radius 1 is 1.09 bits per heavy atom. The number of benzene rings is 1. The Morgan fingerprint density at radius 3 is 2.52 bits per heavy atom. The summed E-state index contributed by atoms with van der Waals surface area (Å²) >= 11 is 12.0. The fourth-order valence-electron chi connectivity index (χ4n) is 3.02. The highest BCUT2D eigenvalue weighted by Crippen LogP contribution is 2.21. The second kappa shape index (κ2) is 10.2. The number of carbonyl (C=O) groups is 1. The molecule has 1 fully saturated rings. The number of rotatable bonds is 7. The smallest absolute Gasteiger partial charge is 0.221 e. The molecule has 3 nitrogen and oxygen atoms in total. The molecular weight excluding hydrogens is 331 g/mol. The minimum absolute atomic E-state index is 0.0937. The van der Waals surface area contributed by atoms with Gasteiger partial charge in [-0.15, -0.1) is 0 Å². The lowest BCUT2D eigenvalue weighted by Gasteiger charge is -2.15. The van der Waals surface area contributed by atoms with Crippen molar-refractivity contribution in [1.29, 1.82) is 0 Å². The molecule has 0 saturated heterocycles. The van der Waals surface area contributed by atoms with Crippen LogP contribution in [-0.2, 0) is 11.2 Å². The first kappa shape index (κ1) is 18.6. The molecule has 1 aromatic carbocycles. The van der Waals surface area contributed by atoms with Crippen LogP contribution in [0.5, 0.6) is 0 Å². The van der Waals surface area contributed by atoms with Crippen LogP contribution in [0.4, 0.5) is 0 Å². The van der Waals surface area contributed by atoms with Gasteiger partial charge in [0.2, 0.25) is 5.91 Å². The van der Waals surface area contributed by atoms with Crippen LogP contribution >= 0.6 is 23.2 Å². The lowest BCUT2D eigenvalue weighted by atomic mass is 10.1. The Hall–Kier alpha value is -0.770. The van der Waals surface area contributed by atoms with E-state index in [0.29, 0.717) is 29.1 Å². The standard InChI is InChI=1S/C18H26Cl2N2O/c19-15-8-7-14(17(20)13-15)9-11-22-18(23)10-12-21-16-5-3-1-2-4-6-16/h7-8,13,16,21H,1-6,9-12H2,(H,22,23). The third-order valence-electron chi connectivity index (χ3n) is 4.37. The van der Waals surface area contributed by atoms with Crippen LogP contribution in [0, 0.1) is 0 Å². The quantitative estimate of drug-likeness (QED) is 0.712. The molecule has 5 heteroatoms. The van der Waals surface area contributed by atoms with Crippen molar-refractivity contribution < 1.29 is 4.79 Å². The van der Waals surface area contributed by atoms with Gasteiger partial charge in [-0.05, 0) is 37.0 Å². The van der Waals surface area contributed by atoms with Gasteiger partial charge in [-0.25, -0.2) is 0 Å². The first-order valence-electron chi connectivity index (χ1n) is 8.59. The van der Waals surface area contributed by atoms with Crippen molar-refractivity contribution in [3.63, 3.8) is 0 Å². The van der Waals surface area contributed by atoms with E-state index >= 15 is 0 Å². The molecule has 1 aromatic rings. The highest BCUT2D eigenvalue weighted by Gasteiger charge is 2.11. The molecule has 0 heterocycles. The van der Waals surface area contributed by atoms with Crippen molar-refractivity contribution in [1.82, 2.24) is 10.6 Å². The largest absolute Gasteiger partial charge is 0.356 e. The number of hydrogen-bond acceptors (Lipinski definition) is 2. The van der Waals surface area contributed by atoms with Crippen molar-refractivity contribution >= 4 is 29.1 Å². The van der Waals surface area contributed by atoms with Gasteiger partial charge in [0, 0.05) is 35.6 Å². The molecule has 0 bridgehead atoms. The zero-order valence-corrected chi connectivity index (χ0v) is 15.1. The summed E-state index contributed by atoms with van der Waals surface area (Å²) in [7, 11) is 0. The van der Waals surface area contributed by atoms with E-state index in [1.165, 1.54) is 38.5 Å². The van der Waals surface area contributed by atoms with Crippen molar-refractivity contribution in [3.8, 4) is 0 Å². The van der Waals surface area contributed by atoms with Gasteiger partial charge < -0.3 is 10.6 Å². The Kier molecular flexibility index (Phi) is 8.21. The summed E-state index contributed by atoms with van der Waals surface area (Å²) in [6.45, 7) is 1.36. The molecule has 1 saturated carbocycles. The molecule has 0 atom stereocenters. The van der Waals surface area contributed by atoms with E-state index in [2.05, 4.69) is 10.6 Å². The molecule has 1 amide bonds. The van der Waals surface area contributed by atoms with Gasteiger partial charge in [-0.2, -0.15) is 0 Å². The van der Waals surface area contributed by atoms with Gasteiger partial charge in [0.1, 0.15) is 0 Å². The lowest BCUT2D eigenvalue weighted by molar-refractivity contribution is -0.120. The summed E-state index contributed by atoms with van der Waals surface area (Å²) < 4.78 is 0. The van der Waals surface area contributed by atoms with Crippen LogP contribution in [0.25, 0.3) is 0 Å². The Labute approximate surface area is 149 Å². The Morgan fingerprint density at radius 2 is 1.83 bits per heavy atom. The molecule has 1 aliphatic carbocycles. The molecule has 1 aliphatic rings. The fourth-order valence-corrected chi connectivity index (χ4v) is 3.53. The summed E-state index contributed by atoms with van der Waals surface area (Å²) in [5, 5.41) is 7.76. The Bertz CT molecular complexity index is 500. The van der Waals surface area contributed by atoms with Crippen molar-refractivity contribution in [2.45, 2.75) is 57.4 Å². The lowest BCUT2D eigenvalue weighted by Crippen LogP contribution is -2.33. The van der Waals surface area contributed by atoms with E-state index in [0.717, 1.165) is 18.5 Å². The number of carbonyl (C=O) groups excluding carboxylic acids is 1. The third-order valence-corrected chi connectivity index (χ3v) is 4.96. The van der Waals surface area contributed by atoms with Crippen LogP contribution in [-0.4, -0.2) is 25.0 Å². The summed E-state index contributed by atoms with van der Waals surface area (Å²) in [6, 6.07) is 6.06. The van der Waals surface area contributed by atoms with Gasteiger partial charge in [-0.3, -0.25) is 4.79 Å². The normalized spacial score (nSPS) is 16.1. The van der Waals surface area contributed by atoms with Crippen LogP contribution in [0.3, 0.4) is 0 Å². The molecule has 2 rings (SSSR count). The minimum Gasteiger partial charge on any atom is -0.356 e. The molecule has 0 radical (unpaired) electrons. The predicted molar refractivity (Wildman–Crippen MR) is 97.3 cm³/mol. The monoisotopic (exact) mass is 356 g/mol. The van der Waals surface area contributed by atoms with E-state index in [9.17, 15) is 4.79 Å². The maximum absolute atomic E-state index is 11.9. The minimum atomic E-state index is 0.0937. The highest BCUT2D eigenvalue weighted by atomic mass is 35.5. The van der Waals surface area contributed by atoms with E-state index in [-0.39, 0.29) is 5.91 Å². The molecular formula is C18H26Cl2N2O. The van der Waals surface area contributed by atoms with Gasteiger partial charge >= 0.3 is 0 Å². The summed E-state index contributed by atoms with van der Waals surface area (Å²) in [6.07, 6.45) is 9.07. The summed E-state index contributed by atoms with van der Waals surface area (Å²) in [4.78, 5) is 11.9. The fraction of sp³-hybridized carbons (Fsp3) is 0.611. The topological polar surface area (TPSA) is 41.1 Å². The van der Waals surface area contributed by atoms with Crippen molar-refractivity contribution in [2.24, 2.45) is 0 Å². The van der Waals surface area contributed by atoms with Crippen molar-refractivity contribution in [3.05, 3.63) is 33.8 Å². The summed E-state index contributed by atoms with van der Waals surface area (Å²) in [5.41, 5.74) is 1.01. The first-order valence-corrected chi connectivity index (χ1v) is 9.35. The molecule has 23 heavy (non-hydrogen) atoms. The van der Waals surface area contributed by atoms with E-state index in [4.69, 9.17) is 23.2 Å². The maximum Gasteiger partial charge on any atom is 0.221 e. The first-order chi connectivity index (χ1) is 11.1. The van der Waals surface area contributed by atoms with Crippen LogP contribution in [0.15, 0.2) is 18.2 Å². The molecule has 2 N–H and O–H groups in total. The molecule has 0 aromatic heterocycles. The maximum atomic E-state index is 11.9. The predicted octanol–water partition coefficient (Wildman–Crippen LogP) is 4.35. The van der Waals surface area contributed by atoms with E-state index < -0.39 is 0 Å². The average Bonchev–Trinajstić information content (AvgIpc) is 2.78. The number of hydrogen-bond donors (Lipinski definition) is 2. The molecule has 0 unspecified atom stereocenters. The third kappa shape index (κ3) is 7.11. The van der Waals surface area contributed by atoms with Gasteiger partial charge in [0.25, 0.3) is 0 Å². The highest BCUT2D eigenvalue weighted by molar-refractivity contribution is 6.35. The molecule has 0 aliphatic heterocycles. The summed E-state index contributed by atoms with van der Waals surface area (Å²) in [5.74, 6) is 0.0937. The van der Waals surface area contributed by atoms with Gasteiger partial charge in [-0.1, -0.05) is 55.0 Å². The second-order valence-corrected chi connectivity index (χ2v) is 7.07. The van der Waals surface area contributed by atoms with E-state index in [1.807, 2.05) is 12.1 Å². The number of amides is 1. The SMILES string of the molecule is O=C(CCNC1CCCCCC1)NCCc1ccc(Cl)cc1Cl. The molecule has 0 spiro atoms. The second-order valence-electron chi connectivity index (χ2n) is 6.23. The van der Waals surface area contributed by atoms with Crippen LogP contribution in [0.1, 0.15) is 50.5 Å². The van der Waals surface area contributed by atoms with Crippen LogP contribution in [0.2, 0.25) is 10.0 Å².